The molecular formula is C24H19NO2P2. The number of phenolic OH excluding ortho intramolecular Hbond substituents is 1. The van der Waals surface area contributed by atoms with Crippen LogP contribution in [-0.4, -0.2) is 5.11 Å². The second-order valence-electron chi connectivity index (χ2n) is 6.70. The van der Waals surface area contributed by atoms with Gasteiger partial charge in [-0.15, -0.1) is 0 Å². The van der Waals surface area contributed by atoms with Crippen LogP contribution >= 0.6 is 17.0 Å². The number of rotatable bonds is 4. The Hall–Kier alpha value is -2.70. The van der Waals surface area contributed by atoms with Crippen molar-refractivity contribution in [3.63, 3.8) is 0 Å². The van der Waals surface area contributed by atoms with E-state index in [4.69, 9.17) is 4.52 Å². The SMILES string of the molecule is Oc1ccccc1-c1ccccc1PNP1Oc2ccccc2-c2ccccc21. The number of hydrogen-bond acceptors (Lipinski definition) is 3. The molecule has 5 heteroatoms. The van der Waals surface area contributed by atoms with E-state index >= 15 is 0 Å². The number of phenols is 1. The Morgan fingerprint density at radius 3 is 2.10 bits per heavy atom. The molecule has 0 aromatic heterocycles. The lowest BCUT2D eigenvalue weighted by atomic mass is 10.0. The van der Waals surface area contributed by atoms with Crippen molar-refractivity contribution in [2.45, 2.75) is 0 Å². The van der Waals surface area contributed by atoms with Crippen molar-refractivity contribution >= 4 is 27.6 Å². The number of fused-ring (bicyclic) bond motifs is 3. The third kappa shape index (κ3) is 3.54. The third-order valence-corrected chi connectivity index (χ3v) is 8.07. The highest BCUT2D eigenvalue weighted by atomic mass is 31.2. The van der Waals surface area contributed by atoms with Gasteiger partial charge in [0.1, 0.15) is 11.5 Å². The van der Waals surface area contributed by atoms with Gasteiger partial charge in [-0.2, -0.15) is 0 Å². The van der Waals surface area contributed by atoms with Crippen LogP contribution in [0.25, 0.3) is 22.3 Å². The van der Waals surface area contributed by atoms with E-state index < -0.39 is 8.30 Å². The first-order valence-corrected chi connectivity index (χ1v) is 11.6. The molecule has 4 aromatic carbocycles. The minimum absolute atomic E-state index is 0.295. The highest BCUT2D eigenvalue weighted by Crippen LogP contribution is 2.48. The molecule has 0 saturated heterocycles. The monoisotopic (exact) mass is 415 g/mol. The summed E-state index contributed by atoms with van der Waals surface area (Å²) >= 11 is 0. The summed E-state index contributed by atoms with van der Waals surface area (Å²) in [4.78, 5) is 3.65. The predicted molar refractivity (Wildman–Crippen MR) is 124 cm³/mol. The fourth-order valence-corrected chi connectivity index (χ4v) is 6.69. The molecule has 2 atom stereocenters. The number of hydrogen-bond donors (Lipinski definition) is 2. The molecule has 3 nitrogen and oxygen atoms in total. The van der Waals surface area contributed by atoms with E-state index in [0.717, 1.165) is 27.7 Å². The van der Waals surface area contributed by atoms with Crippen molar-refractivity contribution < 1.29 is 9.63 Å². The van der Waals surface area contributed by atoms with Crippen molar-refractivity contribution in [3.05, 3.63) is 97.1 Å². The number of nitrogens with one attached hydrogen (secondary N) is 1. The van der Waals surface area contributed by atoms with Crippen molar-refractivity contribution in [1.29, 1.82) is 0 Å². The van der Waals surface area contributed by atoms with Crippen molar-refractivity contribution in [2.75, 3.05) is 0 Å². The molecule has 142 valence electrons. The number of benzene rings is 4. The van der Waals surface area contributed by atoms with Gasteiger partial charge in [-0.05, 0) is 43.4 Å². The molecule has 0 radical (unpaired) electrons. The standard InChI is InChI=1S/C24H19NO2P2/c26-21-13-5-1-9-17(21)19-11-3-7-15-23(19)28-25-29-24-16-8-4-12-20(24)18-10-2-6-14-22(18)27-29/h1-16,25-26,28H. The summed E-state index contributed by atoms with van der Waals surface area (Å²) in [6.45, 7) is 0. The van der Waals surface area contributed by atoms with E-state index in [9.17, 15) is 5.11 Å². The molecule has 29 heavy (non-hydrogen) atoms. The summed E-state index contributed by atoms with van der Waals surface area (Å²) in [5.41, 5.74) is 4.26. The molecule has 4 aromatic rings. The molecule has 1 aliphatic heterocycles. The van der Waals surface area contributed by atoms with Crippen LogP contribution in [0.3, 0.4) is 0 Å². The predicted octanol–water partition coefficient (Wildman–Crippen LogP) is 5.56. The average Bonchev–Trinajstić information content (AvgIpc) is 2.78. The molecule has 0 amide bonds. The van der Waals surface area contributed by atoms with Crippen LogP contribution in [0.1, 0.15) is 0 Å². The first-order valence-electron chi connectivity index (χ1n) is 9.37. The van der Waals surface area contributed by atoms with E-state index in [1.165, 1.54) is 10.9 Å². The minimum Gasteiger partial charge on any atom is -0.507 e. The number of aromatic hydroxyl groups is 1. The molecule has 0 saturated carbocycles. The van der Waals surface area contributed by atoms with Gasteiger partial charge in [0.05, 0.1) is 0 Å². The van der Waals surface area contributed by atoms with Crippen LogP contribution in [-0.2, 0) is 0 Å². The van der Waals surface area contributed by atoms with E-state index in [1.807, 2.05) is 48.5 Å². The summed E-state index contributed by atoms with van der Waals surface area (Å²) in [6, 6.07) is 32.3. The number of para-hydroxylation sites is 2. The van der Waals surface area contributed by atoms with Crippen LogP contribution in [0.4, 0.5) is 0 Å². The van der Waals surface area contributed by atoms with Crippen molar-refractivity contribution in [2.24, 2.45) is 0 Å². The van der Waals surface area contributed by atoms with E-state index in [-0.39, 0.29) is 0 Å². The van der Waals surface area contributed by atoms with Gasteiger partial charge >= 0.3 is 0 Å². The lowest BCUT2D eigenvalue weighted by Gasteiger charge is -2.28. The van der Waals surface area contributed by atoms with Gasteiger partial charge in [0.15, 0.2) is 8.30 Å². The lowest BCUT2D eigenvalue weighted by molar-refractivity contribution is 0.477. The van der Waals surface area contributed by atoms with Gasteiger partial charge in [-0.25, -0.2) is 4.86 Å². The third-order valence-electron chi connectivity index (χ3n) is 4.90. The second kappa shape index (κ2) is 7.97. The van der Waals surface area contributed by atoms with Gasteiger partial charge in [0.25, 0.3) is 0 Å². The quantitative estimate of drug-likeness (QED) is 0.429. The van der Waals surface area contributed by atoms with E-state index in [1.54, 1.807) is 6.07 Å². The molecule has 1 aliphatic rings. The van der Waals surface area contributed by atoms with Gasteiger partial charge in [-0.3, -0.25) is 0 Å². The zero-order valence-corrected chi connectivity index (χ0v) is 17.4. The minimum atomic E-state index is -0.987. The van der Waals surface area contributed by atoms with Crippen LogP contribution < -0.4 is 20.0 Å². The normalized spacial score (nSPS) is 15.0. The van der Waals surface area contributed by atoms with Gasteiger partial charge in [0.2, 0.25) is 0 Å². The summed E-state index contributed by atoms with van der Waals surface area (Å²) < 4.78 is 6.36. The molecule has 2 N–H and O–H groups in total. The zero-order chi connectivity index (χ0) is 19.6. The van der Waals surface area contributed by atoms with Gasteiger partial charge in [-0.1, -0.05) is 78.9 Å². The maximum atomic E-state index is 10.3. The largest absolute Gasteiger partial charge is 0.507 e. The van der Waals surface area contributed by atoms with Gasteiger partial charge < -0.3 is 9.63 Å². The fourth-order valence-electron chi connectivity index (χ4n) is 3.52. The zero-order valence-electron chi connectivity index (χ0n) is 15.5. The fraction of sp³-hybridized carbons (Fsp3) is 0. The summed E-state index contributed by atoms with van der Waals surface area (Å²) in [6.07, 6.45) is 0. The Bertz CT molecular complexity index is 1180. The highest BCUT2D eigenvalue weighted by Gasteiger charge is 2.26. The van der Waals surface area contributed by atoms with Gasteiger partial charge in [0, 0.05) is 16.4 Å². The van der Waals surface area contributed by atoms with E-state index in [0.29, 0.717) is 14.5 Å². The Kier molecular flexibility index (Phi) is 5.04. The van der Waals surface area contributed by atoms with Crippen LogP contribution in [0, 0.1) is 0 Å². The Morgan fingerprint density at radius 2 is 1.28 bits per heavy atom. The topological polar surface area (TPSA) is 41.5 Å². The maximum Gasteiger partial charge on any atom is 0.198 e. The molecule has 5 rings (SSSR count). The Morgan fingerprint density at radius 1 is 0.655 bits per heavy atom. The molecule has 0 bridgehead atoms. The average molecular weight is 415 g/mol. The molecular weight excluding hydrogens is 396 g/mol. The van der Waals surface area contributed by atoms with Crippen molar-refractivity contribution in [1.82, 2.24) is 4.86 Å². The maximum absolute atomic E-state index is 10.3. The Balaban J connectivity index is 1.46. The van der Waals surface area contributed by atoms with E-state index in [2.05, 4.69) is 47.3 Å². The van der Waals surface area contributed by atoms with Crippen molar-refractivity contribution in [3.8, 4) is 33.8 Å². The smallest absolute Gasteiger partial charge is 0.198 e. The first-order chi connectivity index (χ1) is 14.3. The van der Waals surface area contributed by atoms with Crippen LogP contribution in [0.2, 0.25) is 0 Å². The summed E-state index contributed by atoms with van der Waals surface area (Å²) in [5, 5.41) is 12.7. The molecule has 0 aliphatic carbocycles. The summed E-state index contributed by atoms with van der Waals surface area (Å²) in [5.74, 6) is 1.22. The second-order valence-corrected chi connectivity index (χ2v) is 9.63. The van der Waals surface area contributed by atoms with Crippen LogP contribution in [0.5, 0.6) is 11.5 Å². The molecule has 0 fully saturated rings. The highest BCUT2D eigenvalue weighted by molar-refractivity contribution is 7.69. The summed E-state index contributed by atoms with van der Waals surface area (Å²) in [7, 11) is -0.639. The lowest BCUT2D eigenvalue weighted by Crippen LogP contribution is -2.21. The first kappa shape index (κ1) is 18.3. The molecule has 1 heterocycles. The Labute approximate surface area is 173 Å². The molecule has 0 spiro atoms. The molecule has 2 unspecified atom stereocenters. The van der Waals surface area contributed by atoms with Crippen LogP contribution in [0.15, 0.2) is 97.1 Å².